The van der Waals surface area contributed by atoms with Crippen LogP contribution in [0.15, 0.2) is 231 Å². The van der Waals surface area contributed by atoms with Gasteiger partial charge in [0, 0.05) is 33.5 Å². The van der Waals surface area contributed by atoms with E-state index in [4.69, 9.17) is 0 Å². The smallest absolute Gasteiger partial charge is 0.0541 e. The maximum atomic E-state index is 2.38. The Labute approximate surface area is 338 Å². The summed E-state index contributed by atoms with van der Waals surface area (Å²) in [5, 5.41) is 7.48. The molecule has 0 saturated heterocycles. The van der Waals surface area contributed by atoms with Crippen molar-refractivity contribution >= 4 is 60.4 Å². The number of rotatable bonds is 7. The van der Waals surface area contributed by atoms with E-state index in [1.165, 1.54) is 82.4 Å². The van der Waals surface area contributed by atoms with Gasteiger partial charge in [0.15, 0.2) is 0 Å². The molecule has 272 valence electrons. The van der Waals surface area contributed by atoms with Gasteiger partial charge < -0.3 is 9.47 Å². The number of hydrogen-bond acceptors (Lipinski definition) is 1. The summed E-state index contributed by atoms with van der Waals surface area (Å²) >= 11 is 0. The van der Waals surface area contributed by atoms with E-state index in [0.717, 1.165) is 17.1 Å². The number of para-hydroxylation sites is 2. The number of hydrogen-bond donors (Lipinski definition) is 0. The summed E-state index contributed by atoms with van der Waals surface area (Å²) in [6, 6.07) is 83.6. The quantitative estimate of drug-likeness (QED) is 0.148. The molecule has 1 heterocycles. The molecule has 0 aliphatic rings. The van der Waals surface area contributed by atoms with Gasteiger partial charge in [-0.05, 0) is 122 Å². The monoisotopic (exact) mass is 738 g/mol. The van der Waals surface area contributed by atoms with Crippen LogP contribution < -0.4 is 4.90 Å². The summed E-state index contributed by atoms with van der Waals surface area (Å²) in [4.78, 5) is 2.38. The number of aromatic nitrogens is 1. The summed E-state index contributed by atoms with van der Waals surface area (Å²) in [5.74, 6) is 0. The van der Waals surface area contributed by atoms with Crippen molar-refractivity contribution in [2.75, 3.05) is 4.90 Å². The zero-order chi connectivity index (χ0) is 38.4. The fourth-order valence-corrected chi connectivity index (χ4v) is 8.78. The van der Waals surface area contributed by atoms with E-state index in [9.17, 15) is 0 Å². The maximum Gasteiger partial charge on any atom is 0.0541 e. The van der Waals surface area contributed by atoms with E-state index in [2.05, 4.69) is 240 Å². The van der Waals surface area contributed by atoms with Gasteiger partial charge in [0.05, 0.1) is 11.0 Å². The molecule has 0 atom stereocenters. The van der Waals surface area contributed by atoms with E-state index >= 15 is 0 Å². The fraction of sp³-hybridized carbons (Fsp3) is 0. The Balaban J connectivity index is 1.02. The Bertz CT molecular complexity index is 3250. The number of fused-ring (bicyclic) bond motifs is 6. The van der Waals surface area contributed by atoms with Gasteiger partial charge in [-0.1, -0.05) is 164 Å². The Hall–Kier alpha value is -7.68. The minimum absolute atomic E-state index is 1.10. The maximum absolute atomic E-state index is 2.38. The van der Waals surface area contributed by atoms with Crippen LogP contribution in [0.3, 0.4) is 0 Å². The standard InChI is InChI=1S/C56H38N2/c1-3-13-40(14-4-1)49-18-9-10-19-50(49)42-27-33-47(34-28-42)57(48-35-29-43-24-23-41-15-7-8-20-51(41)53(43)38-48)46-31-25-39(26-32-46)44-30-36-56-54(37-44)52-21-11-12-22-55(52)58(56)45-16-5-2-6-17-45/h1-38H. The van der Waals surface area contributed by atoms with E-state index in [0.29, 0.717) is 0 Å². The molecule has 58 heavy (non-hydrogen) atoms. The first kappa shape index (κ1) is 33.6. The Morgan fingerprint density at radius 3 is 1.50 bits per heavy atom. The molecule has 10 aromatic carbocycles. The molecule has 0 N–H and O–H groups in total. The van der Waals surface area contributed by atoms with Crippen LogP contribution in [-0.4, -0.2) is 4.57 Å². The summed E-state index contributed by atoms with van der Waals surface area (Å²) < 4.78 is 2.37. The van der Waals surface area contributed by atoms with Crippen LogP contribution >= 0.6 is 0 Å². The van der Waals surface area contributed by atoms with Gasteiger partial charge in [0.2, 0.25) is 0 Å². The molecule has 0 radical (unpaired) electrons. The second-order valence-electron chi connectivity index (χ2n) is 15.0. The lowest BCUT2D eigenvalue weighted by Gasteiger charge is -2.26. The van der Waals surface area contributed by atoms with Crippen molar-refractivity contribution in [3.63, 3.8) is 0 Å². The largest absolute Gasteiger partial charge is 0.310 e. The third-order valence-corrected chi connectivity index (χ3v) is 11.6. The van der Waals surface area contributed by atoms with E-state index < -0.39 is 0 Å². The average molecular weight is 739 g/mol. The Kier molecular flexibility index (Phi) is 8.19. The van der Waals surface area contributed by atoms with Crippen LogP contribution in [0.2, 0.25) is 0 Å². The average Bonchev–Trinajstić information content (AvgIpc) is 3.64. The van der Waals surface area contributed by atoms with Crippen molar-refractivity contribution in [3.8, 4) is 39.1 Å². The van der Waals surface area contributed by atoms with Gasteiger partial charge in [0.25, 0.3) is 0 Å². The van der Waals surface area contributed by atoms with Gasteiger partial charge >= 0.3 is 0 Å². The van der Waals surface area contributed by atoms with Gasteiger partial charge in [-0.25, -0.2) is 0 Å². The van der Waals surface area contributed by atoms with Gasteiger partial charge in [-0.2, -0.15) is 0 Å². The SMILES string of the molecule is c1ccc(-c2ccccc2-c2ccc(N(c3ccc(-c4ccc5c(c4)c4ccccc4n5-c4ccccc4)cc3)c3ccc4ccc5ccccc5c4c3)cc2)cc1. The van der Waals surface area contributed by atoms with Gasteiger partial charge in [0.1, 0.15) is 0 Å². The van der Waals surface area contributed by atoms with Crippen LogP contribution in [0, 0.1) is 0 Å². The van der Waals surface area contributed by atoms with Gasteiger partial charge in [-0.15, -0.1) is 0 Å². The van der Waals surface area contributed by atoms with Crippen LogP contribution in [0.1, 0.15) is 0 Å². The summed E-state index contributed by atoms with van der Waals surface area (Å²) in [5.41, 5.74) is 14.1. The van der Waals surface area contributed by atoms with Crippen molar-refractivity contribution in [2.24, 2.45) is 0 Å². The molecule has 2 heteroatoms. The molecule has 1 aromatic heterocycles. The highest BCUT2D eigenvalue weighted by molar-refractivity contribution is 6.11. The van der Waals surface area contributed by atoms with E-state index in [-0.39, 0.29) is 0 Å². The molecule has 0 unspecified atom stereocenters. The minimum Gasteiger partial charge on any atom is -0.310 e. The molecule has 0 amide bonds. The first-order valence-corrected chi connectivity index (χ1v) is 19.9. The first-order chi connectivity index (χ1) is 28.8. The Morgan fingerprint density at radius 1 is 0.276 bits per heavy atom. The molecule has 0 aliphatic carbocycles. The zero-order valence-electron chi connectivity index (χ0n) is 31.8. The van der Waals surface area contributed by atoms with Crippen molar-refractivity contribution in [2.45, 2.75) is 0 Å². The fourth-order valence-electron chi connectivity index (χ4n) is 8.78. The molecule has 2 nitrogen and oxygen atoms in total. The second kappa shape index (κ2) is 14.1. The highest BCUT2D eigenvalue weighted by atomic mass is 15.1. The van der Waals surface area contributed by atoms with Crippen LogP contribution in [0.5, 0.6) is 0 Å². The second-order valence-corrected chi connectivity index (χ2v) is 15.0. The van der Waals surface area contributed by atoms with E-state index in [1.54, 1.807) is 0 Å². The number of anilines is 3. The van der Waals surface area contributed by atoms with Gasteiger partial charge in [-0.3, -0.25) is 0 Å². The third-order valence-electron chi connectivity index (χ3n) is 11.6. The molecule has 0 bridgehead atoms. The van der Waals surface area contributed by atoms with Crippen LogP contribution in [0.25, 0.3) is 82.4 Å². The summed E-state index contributed by atoms with van der Waals surface area (Å²) in [6.45, 7) is 0. The highest BCUT2D eigenvalue weighted by Crippen LogP contribution is 2.41. The lowest BCUT2D eigenvalue weighted by Crippen LogP contribution is -2.10. The highest BCUT2D eigenvalue weighted by Gasteiger charge is 2.17. The normalized spacial score (nSPS) is 11.4. The molecule has 0 spiro atoms. The van der Waals surface area contributed by atoms with E-state index in [1.807, 2.05) is 0 Å². The molecular formula is C56H38N2. The third kappa shape index (κ3) is 5.82. The van der Waals surface area contributed by atoms with Crippen LogP contribution in [-0.2, 0) is 0 Å². The van der Waals surface area contributed by atoms with Crippen molar-refractivity contribution in [1.29, 1.82) is 0 Å². The topological polar surface area (TPSA) is 8.17 Å². The molecule has 11 aromatic rings. The summed E-state index contributed by atoms with van der Waals surface area (Å²) in [7, 11) is 0. The van der Waals surface area contributed by atoms with Crippen molar-refractivity contribution < 1.29 is 0 Å². The molecule has 11 rings (SSSR count). The first-order valence-electron chi connectivity index (χ1n) is 19.9. The van der Waals surface area contributed by atoms with Crippen molar-refractivity contribution in [3.05, 3.63) is 231 Å². The van der Waals surface area contributed by atoms with Crippen LogP contribution in [0.4, 0.5) is 17.1 Å². The lowest BCUT2D eigenvalue weighted by atomic mass is 9.94. The lowest BCUT2D eigenvalue weighted by molar-refractivity contribution is 1.18. The molecule has 0 saturated carbocycles. The molecular weight excluding hydrogens is 701 g/mol. The van der Waals surface area contributed by atoms with Crippen molar-refractivity contribution in [1.82, 2.24) is 4.57 Å². The number of nitrogens with zero attached hydrogens (tertiary/aromatic N) is 2. The minimum atomic E-state index is 1.10. The molecule has 0 aliphatic heterocycles. The predicted octanol–water partition coefficient (Wildman–Crippen LogP) is 15.6. The summed E-state index contributed by atoms with van der Waals surface area (Å²) in [6.07, 6.45) is 0. The Morgan fingerprint density at radius 2 is 0.776 bits per heavy atom. The zero-order valence-corrected chi connectivity index (χ0v) is 31.8. The molecule has 0 fully saturated rings. The predicted molar refractivity (Wildman–Crippen MR) is 247 cm³/mol. The number of benzene rings is 10.